The van der Waals surface area contributed by atoms with Gasteiger partial charge in [0.1, 0.15) is 0 Å². The van der Waals surface area contributed by atoms with E-state index in [1.54, 1.807) is 6.07 Å². The van der Waals surface area contributed by atoms with Crippen molar-refractivity contribution in [3.8, 4) is 22.5 Å². The van der Waals surface area contributed by atoms with Crippen molar-refractivity contribution >= 4 is 48.9 Å². The molecule has 0 amide bonds. The van der Waals surface area contributed by atoms with Gasteiger partial charge in [-0.1, -0.05) is 62.2 Å². The van der Waals surface area contributed by atoms with Gasteiger partial charge in [0.15, 0.2) is 0 Å². The molecule has 0 spiro atoms. The minimum atomic E-state index is -1.24. The average molecular weight is 483 g/mol. The molecule has 3 aromatic carbocycles. The average Bonchev–Trinajstić information content (AvgIpc) is 2.68. The highest BCUT2D eigenvalue weighted by atomic mass is 79.9. The van der Waals surface area contributed by atoms with Crippen LogP contribution in [-0.4, -0.2) is 15.9 Å². The van der Waals surface area contributed by atoms with Crippen molar-refractivity contribution < 1.29 is 9.90 Å². The van der Waals surface area contributed by atoms with Gasteiger partial charge in [-0.15, -0.1) is 0 Å². The van der Waals surface area contributed by atoms with Crippen LogP contribution in [0.5, 0.6) is 0 Å². The van der Waals surface area contributed by atoms with Crippen molar-refractivity contribution in [1.82, 2.24) is 9.97 Å². The normalized spacial score (nSPS) is 10.9. The van der Waals surface area contributed by atoms with E-state index in [0.29, 0.717) is 16.7 Å². The molecule has 0 aliphatic carbocycles. The van der Waals surface area contributed by atoms with Crippen LogP contribution in [0.4, 0.5) is 0 Å². The number of aromatic nitrogens is 2. The van der Waals surface area contributed by atoms with Crippen molar-refractivity contribution in [1.29, 1.82) is 0 Å². The molecule has 0 saturated carbocycles. The van der Waals surface area contributed by atoms with Crippen LogP contribution in [0.25, 0.3) is 33.5 Å². The first kappa shape index (κ1) is 17.8. The lowest BCUT2D eigenvalue weighted by atomic mass is 10.0. The summed E-state index contributed by atoms with van der Waals surface area (Å²) >= 11 is 6.89. The number of hydrogen-bond acceptors (Lipinski definition) is 4. The van der Waals surface area contributed by atoms with Gasteiger partial charge in [-0.2, -0.15) is 0 Å². The van der Waals surface area contributed by atoms with E-state index < -0.39 is 5.97 Å². The highest BCUT2D eigenvalue weighted by Gasteiger charge is 2.14. The molecule has 4 aromatic rings. The van der Waals surface area contributed by atoms with Crippen molar-refractivity contribution in [2.75, 3.05) is 0 Å². The second kappa shape index (κ2) is 7.21. The van der Waals surface area contributed by atoms with E-state index in [4.69, 9.17) is 9.97 Å². The molecule has 0 unspecified atom stereocenters. The van der Waals surface area contributed by atoms with Crippen molar-refractivity contribution in [2.24, 2.45) is 0 Å². The molecule has 0 atom stereocenters. The summed E-state index contributed by atoms with van der Waals surface area (Å²) in [5, 5.41) is 11.2. The van der Waals surface area contributed by atoms with E-state index in [-0.39, 0.29) is 5.56 Å². The zero-order valence-corrected chi connectivity index (χ0v) is 17.0. The molecule has 0 fully saturated rings. The lowest BCUT2D eigenvalue weighted by Crippen LogP contribution is -2.22. The van der Waals surface area contributed by atoms with E-state index in [9.17, 15) is 9.90 Å². The highest BCUT2D eigenvalue weighted by molar-refractivity contribution is 9.10. The molecule has 0 radical (unpaired) electrons. The van der Waals surface area contributed by atoms with Crippen LogP contribution in [-0.2, 0) is 0 Å². The van der Waals surface area contributed by atoms with Crippen LogP contribution in [0.1, 0.15) is 10.4 Å². The van der Waals surface area contributed by atoms with Crippen molar-refractivity contribution in [3.05, 3.63) is 81.2 Å². The zero-order valence-electron chi connectivity index (χ0n) is 13.8. The second-order valence-corrected chi connectivity index (χ2v) is 7.76. The number of carbonyl (C=O) groups excluding carboxylic acids is 1. The Morgan fingerprint density at radius 3 is 1.67 bits per heavy atom. The first-order valence-corrected chi connectivity index (χ1v) is 9.65. The van der Waals surface area contributed by atoms with E-state index >= 15 is 0 Å². The molecule has 0 N–H and O–H groups in total. The summed E-state index contributed by atoms with van der Waals surface area (Å²) in [6.45, 7) is 0. The molecule has 1 heterocycles. The van der Waals surface area contributed by atoms with E-state index in [1.165, 1.54) is 12.1 Å². The summed E-state index contributed by atoms with van der Waals surface area (Å²) in [4.78, 5) is 20.7. The Hall–Kier alpha value is -2.57. The number of rotatable bonds is 3. The van der Waals surface area contributed by atoms with Crippen LogP contribution < -0.4 is 5.11 Å². The molecule has 4 rings (SSSR count). The van der Waals surface area contributed by atoms with Crippen LogP contribution in [0, 0.1) is 0 Å². The predicted octanol–water partition coefficient (Wildman–Crippen LogP) is 4.85. The second-order valence-electron chi connectivity index (χ2n) is 5.93. The van der Waals surface area contributed by atoms with Gasteiger partial charge in [0, 0.05) is 20.1 Å². The van der Waals surface area contributed by atoms with Crippen LogP contribution in [0.2, 0.25) is 0 Å². The Morgan fingerprint density at radius 2 is 1.19 bits per heavy atom. The SMILES string of the molecule is O=C([O-])c1ccc2nc(-c3ccc(Br)cc3)c(-c3ccc(Br)cc3)nc2c1. The Kier molecular flexibility index (Phi) is 4.76. The predicted molar refractivity (Wildman–Crippen MR) is 110 cm³/mol. The van der Waals surface area contributed by atoms with Gasteiger partial charge in [-0.25, -0.2) is 9.97 Å². The summed E-state index contributed by atoms with van der Waals surface area (Å²) in [6.07, 6.45) is 0. The number of halogens is 2. The van der Waals surface area contributed by atoms with Crippen LogP contribution >= 0.6 is 31.9 Å². The molecular weight excluding hydrogens is 472 g/mol. The third-order valence-corrected chi connectivity index (χ3v) is 5.19. The molecule has 0 aliphatic rings. The lowest BCUT2D eigenvalue weighted by molar-refractivity contribution is -0.255. The molecule has 0 aliphatic heterocycles. The fourth-order valence-corrected chi connectivity index (χ4v) is 3.33. The smallest absolute Gasteiger partial charge is 0.0973 e. The molecule has 4 nitrogen and oxygen atoms in total. The highest BCUT2D eigenvalue weighted by Crippen LogP contribution is 2.32. The Labute approximate surface area is 172 Å². The molecule has 27 heavy (non-hydrogen) atoms. The van der Waals surface area contributed by atoms with Gasteiger partial charge in [0.2, 0.25) is 0 Å². The van der Waals surface area contributed by atoms with E-state index in [2.05, 4.69) is 31.9 Å². The molecule has 132 valence electrons. The maximum atomic E-state index is 11.2. The van der Waals surface area contributed by atoms with Gasteiger partial charge >= 0.3 is 0 Å². The van der Waals surface area contributed by atoms with Gasteiger partial charge in [0.25, 0.3) is 0 Å². The lowest BCUT2D eigenvalue weighted by Gasteiger charge is -2.12. The van der Waals surface area contributed by atoms with E-state index in [0.717, 1.165) is 25.8 Å². The van der Waals surface area contributed by atoms with Crippen molar-refractivity contribution in [3.63, 3.8) is 0 Å². The van der Waals surface area contributed by atoms with Gasteiger partial charge in [0.05, 0.1) is 28.4 Å². The minimum Gasteiger partial charge on any atom is -0.545 e. The first-order chi connectivity index (χ1) is 13.0. The third kappa shape index (κ3) is 3.63. The Morgan fingerprint density at radius 1 is 0.704 bits per heavy atom. The standard InChI is InChI=1S/C21H12Br2N2O2/c22-15-6-1-12(2-7-15)19-20(13-3-8-16(23)9-4-13)25-18-11-14(21(26)27)5-10-17(18)24-19/h1-11H,(H,26,27)/p-1. The number of hydrogen-bond donors (Lipinski definition) is 0. The number of fused-ring (bicyclic) bond motifs is 1. The monoisotopic (exact) mass is 481 g/mol. The maximum absolute atomic E-state index is 11.2. The summed E-state index contributed by atoms with van der Waals surface area (Å²) < 4.78 is 1.94. The fraction of sp³-hybridized carbons (Fsp3) is 0. The quantitative estimate of drug-likeness (QED) is 0.418. The number of nitrogens with zero attached hydrogens (tertiary/aromatic N) is 2. The zero-order chi connectivity index (χ0) is 19.0. The van der Waals surface area contributed by atoms with Crippen molar-refractivity contribution in [2.45, 2.75) is 0 Å². The third-order valence-electron chi connectivity index (χ3n) is 4.14. The summed E-state index contributed by atoms with van der Waals surface area (Å²) in [5.74, 6) is -1.24. The first-order valence-electron chi connectivity index (χ1n) is 8.06. The number of aromatic carboxylic acids is 1. The van der Waals surface area contributed by atoms with Crippen LogP contribution in [0.3, 0.4) is 0 Å². The Bertz CT molecular complexity index is 1160. The maximum Gasteiger partial charge on any atom is 0.0973 e. The summed E-state index contributed by atoms with van der Waals surface area (Å²) in [5.41, 5.74) is 4.45. The van der Waals surface area contributed by atoms with Gasteiger partial charge in [-0.05, 0) is 42.0 Å². The summed E-state index contributed by atoms with van der Waals surface area (Å²) in [7, 11) is 0. The number of carbonyl (C=O) groups is 1. The van der Waals surface area contributed by atoms with E-state index in [1.807, 2.05) is 48.5 Å². The number of carboxylic acid groups (broad SMARTS) is 1. The molecule has 1 aromatic heterocycles. The molecular formula is C21H11Br2N2O2-. The topological polar surface area (TPSA) is 65.9 Å². The molecule has 0 saturated heterocycles. The number of carboxylic acids is 1. The molecule has 0 bridgehead atoms. The van der Waals surface area contributed by atoms with Gasteiger partial charge in [-0.3, -0.25) is 0 Å². The summed E-state index contributed by atoms with van der Waals surface area (Å²) in [6, 6.07) is 20.2. The Balaban J connectivity index is 2.00. The number of benzene rings is 3. The van der Waals surface area contributed by atoms with Gasteiger partial charge < -0.3 is 9.90 Å². The van der Waals surface area contributed by atoms with Crippen LogP contribution in [0.15, 0.2) is 75.7 Å². The molecule has 6 heteroatoms. The fourth-order valence-electron chi connectivity index (χ4n) is 2.80. The minimum absolute atomic E-state index is 0.0787. The largest absolute Gasteiger partial charge is 0.545 e.